The number of nitrogens with one attached hydrogen (secondary N) is 1. The second-order valence-corrected chi connectivity index (χ2v) is 4.55. The summed E-state index contributed by atoms with van der Waals surface area (Å²) < 4.78 is 0. The minimum absolute atomic E-state index is 0.681. The molecule has 2 heterocycles. The van der Waals surface area contributed by atoms with Gasteiger partial charge in [-0.2, -0.15) is 0 Å². The van der Waals surface area contributed by atoms with Crippen LogP contribution in [0.25, 0.3) is 0 Å². The molecule has 12 heavy (non-hydrogen) atoms. The minimum Gasteiger partial charge on any atom is -0.309 e. The molecule has 1 unspecified atom stereocenters. The summed E-state index contributed by atoms with van der Waals surface area (Å²) in [5, 5.41) is 3.43. The fourth-order valence-electron chi connectivity index (χ4n) is 1.49. The zero-order valence-electron chi connectivity index (χ0n) is 7.47. The Morgan fingerprint density at radius 3 is 3.00 bits per heavy atom. The molecule has 1 fully saturated rings. The summed E-state index contributed by atoms with van der Waals surface area (Å²) in [6.45, 7) is 3.44. The van der Waals surface area contributed by atoms with E-state index in [9.17, 15) is 0 Å². The van der Waals surface area contributed by atoms with E-state index in [0.717, 1.165) is 0 Å². The highest BCUT2D eigenvalue weighted by Gasteiger charge is 2.19. The third kappa shape index (κ3) is 1.54. The molecule has 1 aliphatic heterocycles. The summed E-state index contributed by atoms with van der Waals surface area (Å²) in [6.07, 6.45) is 3.83. The summed E-state index contributed by atoms with van der Waals surface area (Å²) >= 11 is 1.98. The SMILES string of the molecule is CCCc1ccc(C2CCN2)s1. The zero-order chi connectivity index (χ0) is 8.39. The molecule has 2 rings (SSSR count). The average molecular weight is 181 g/mol. The first-order valence-electron chi connectivity index (χ1n) is 4.72. The Kier molecular flexibility index (Phi) is 2.47. The molecule has 0 amide bonds. The van der Waals surface area contributed by atoms with Crippen molar-refractivity contribution in [3.8, 4) is 0 Å². The van der Waals surface area contributed by atoms with E-state index in [1.807, 2.05) is 11.3 Å². The molecule has 1 saturated heterocycles. The van der Waals surface area contributed by atoms with E-state index < -0.39 is 0 Å². The van der Waals surface area contributed by atoms with Crippen LogP contribution in [-0.4, -0.2) is 6.54 Å². The van der Waals surface area contributed by atoms with Crippen LogP contribution in [0.1, 0.15) is 35.6 Å². The van der Waals surface area contributed by atoms with Gasteiger partial charge in [0, 0.05) is 15.8 Å². The lowest BCUT2D eigenvalue weighted by Crippen LogP contribution is -2.34. The van der Waals surface area contributed by atoms with Crippen LogP contribution in [0.4, 0.5) is 0 Å². The monoisotopic (exact) mass is 181 g/mol. The molecule has 0 saturated carbocycles. The van der Waals surface area contributed by atoms with Crippen LogP contribution in [-0.2, 0) is 6.42 Å². The number of thiophene rings is 1. The second-order valence-electron chi connectivity index (χ2n) is 3.35. The van der Waals surface area contributed by atoms with Crippen molar-refractivity contribution >= 4 is 11.3 Å². The highest BCUT2D eigenvalue weighted by Crippen LogP contribution is 2.29. The smallest absolute Gasteiger partial charge is 0.0427 e. The van der Waals surface area contributed by atoms with Gasteiger partial charge in [0.05, 0.1) is 0 Å². The average Bonchev–Trinajstić information content (AvgIpc) is 2.34. The first-order valence-corrected chi connectivity index (χ1v) is 5.54. The lowest BCUT2D eigenvalue weighted by atomic mass is 10.1. The molecule has 1 aromatic heterocycles. The summed E-state index contributed by atoms with van der Waals surface area (Å²) in [6, 6.07) is 5.25. The van der Waals surface area contributed by atoms with E-state index >= 15 is 0 Å². The van der Waals surface area contributed by atoms with Crippen LogP contribution < -0.4 is 5.32 Å². The molecule has 1 aliphatic rings. The molecule has 1 N–H and O–H groups in total. The molecular weight excluding hydrogens is 166 g/mol. The van der Waals surface area contributed by atoms with Gasteiger partial charge in [0.2, 0.25) is 0 Å². The molecule has 0 bridgehead atoms. The van der Waals surface area contributed by atoms with E-state index in [1.54, 1.807) is 4.88 Å². The Morgan fingerprint density at radius 1 is 1.58 bits per heavy atom. The van der Waals surface area contributed by atoms with E-state index in [1.165, 1.54) is 30.7 Å². The van der Waals surface area contributed by atoms with Crippen molar-refractivity contribution in [2.75, 3.05) is 6.54 Å². The van der Waals surface area contributed by atoms with Gasteiger partial charge >= 0.3 is 0 Å². The van der Waals surface area contributed by atoms with Crippen LogP contribution in [0, 0.1) is 0 Å². The Hall–Kier alpha value is -0.340. The Bertz CT molecular complexity index is 250. The number of hydrogen-bond acceptors (Lipinski definition) is 2. The van der Waals surface area contributed by atoms with Gasteiger partial charge in [-0.15, -0.1) is 11.3 Å². The number of hydrogen-bond donors (Lipinski definition) is 1. The van der Waals surface area contributed by atoms with Crippen molar-refractivity contribution in [3.63, 3.8) is 0 Å². The van der Waals surface area contributed by atoms with E-state index in [4.69, 9.17) is 0 Å². The van der Waals surface area contributed by atoms with Gasteiger partial charge in [0.1, 0.15) is 0 Å². The summed E-state index contributed by atoms with van der Waals surface area (Å²) in [7, 11) is 0. The maximum absolute atomic E-state index is 3.43. The van der Waals surface area contributed by atoms with Crippen LogP contribution in [0.5, 0.6) is 0 Å². The molecule has 0 aromatic carbocycles. The van der Waals surface area contributed by atoms with Crippen molar-refractivity contribution in [3.05, 3.63) is 21.9 Å². The standard InChI is InChI=1S/C10H15NS/c1-2-3-8-4-5-10(12-8)9-6-7-11-9/h4-5,9,11H,2-3,6-7H2,1H3. The Morgan fingerprint density at radius 2 is 2.42 bits per heavy atom. The van der Waals surface area contributed by atoms with Crippen molar-refractivity contribution in [2.24, 2.45) is 0 Å². The molecule has 1 nitrogen and oxygen atoms in total. The van der Waals surface area contributed by atoms with Crippen molar-refractivity contribution in [1.82, 2.24) is 5.32 Å². The van der Waals surface area contributed by atoms with E-state index in [-0.39, 0.29) is 0 Å². The summed E-state index contributed by atoms with van der Waals surface area (Å²) in [5.74, 6) is 0. The first kappa shape index (κ1) is 8.27. The molecule has 2 heteroatoms. The van der Waals surface area contributed by atoms with Crippen molar-refractivity contribution < 1.29 is 0 Å². The zero-order valence-corrected chi connectivity index (χ0v) is 8.29. The lowest BCUT2D eigenvalue weighted by Gasteiger charge is -2.26. The van der Waals surface area contributed by atoms with Gasteiger partial charge in [-0.05, 0) is 31.5 Å². The van der Waals surface area contributed by atoms with Crippen molar-refractivity contribution in [2.45, 2.75) is 32.2 Å². The molecule has 0 aliphatic carbocycles. The summed E-state index contributed by atoms with van der Waals surface area (Å²) in [5.41, 5.74) is 0. The van der Waals surface area contributed by atoms with Crippen LogP contribution in [0.2, 0.25) is 0 Å². The fraction of sp³-hybridized carbons (Fsp3) is 0.600. The highest BCUT2D eigenvalue weighted by molar-refractivity contribution is 7.12. The van der Waals surface area contributed by atoms with Gasteiger partial charge in [0.15, 0.2) is 0 Å². The maximum atomic E-state index is 3.43. The molecule has 1 aromatic rings. The fourth-order valence-corrected chi connectivity index (χ4v) is 2.72. The van der Waals surface area contributed by atoms with Crippen LogP contribution in [0.3, 0.4) is 0 Å². The second kappa shape index (κ2) is 3.58. The van der Waals surface area contributed by atoms with Crippen molar-refractivity contribution in [1.29, 1.82) is 0 Å². The predicted octanol–water partition coefficient (Wildman–Crippen LogP) is 2.74. The highest BCUT2D eigenvalue weighted by atomic mass is 32.1. The Balaban J connectivity index is 2.02. The molecular formula is C10H15NS. The largest absolute Gasteiger partial charge is 0.309 e. The number of rotatable bonds is 3. The van der Waals surface area contributed by atoms with Gasteiger partial charge in [-0.1, -0.05) is 13.3 Å². The Labute approximate surface area is 77.8 Å². The van der Waals surface area contributed by atoms with E-state index in [0.29, 0.717) is 6.04 Å². The molecule has 1 atom stereocenters. The first-order chi connectivity index (χ1) is 5.90. The third-order valence-corrected chi connectivity index (χ3v) is 3.60. The van der Waals surface area contributed by atoms with Gasteiger partial charge in [-0.3, -0.25) is 0 Å². The lowest BCUT2D eigenvalue weighted by molar-refractivity contribution is 0.389. The minimum atomic E-state index is 0.681. The third-order valence-electron chi connectivity index (χ3n) is 2.35. The summed E-state index contributed by atoms with van der Waals surface area (Å²) in [4.78, 5) is 3.07. The number of aryl methyl sites for hydroxylation is 1. The molecule has 0 spiro atoms. The maximum Gasteiger partial charge on any atom is 0.0427 e. The van der Waals surface area contributed by atoms with Gasteiger partial charge < -0.3 is 5.32 Å². The van der Waals surface area contributed by atoms with Crippen LogP contribution >= 0.6 is 11.3 Å². The van der Waals surface area contributed by atoms with Gasteiger partial charge in [0.25, 0.3) is 0 Å². The topological polar surface area (TPSA) is 12.0 Å². The van der Waals surface area contributed by atoms with E-state index in [2.05, 4.69) is 24.4 Å². The van der Waals surface area contributed by atoms with Gasteiger partial charge in [-0.25, -0.2) is 0 Å². The predicted molar refractivity (Wildman–Crippen MR) is 53.7 cm³/mol. The quantitative estimate of drug-likeness (QED) is 0.756. The van der Waals surface area contributed by atoms with Crippen LogP contribution in [0.15, 0.2) is 12.1 Å². The molecule has 66 valence electrons. The molecule has 0 radical (unpaired) electrons. The normalized spacial score (nSPS) is 22.2.